The van der Waals surface area contributed by atoms with Crippen molar-refractivity contribution in [3.63, 3.8) is 0 Å². The third-order valence-electron chi connectivity index (χ3n) is 5.35. The monoisotopic (exact) mass is 345 g/mol. The summed E-state index contributed by atoms with van der Waals surface area (Å²) in [4.78, 5) is 17.0. The van der Waals surface area contributed by atoms with Crippen LogP contribution < -0.4 is 10.2 Å². The quantitative estimate of drug-likeness (QED) is 0.857. The van der Waals surface area contributed by atoms with Crippen LogP contribution in [0.4, 0.5) is 5.69 Å². The van der Waals surface area contributed by atoms with Gasteiger partial charge in [-0.2, -0.15) is 0 Å². The molecule has 5 heteroatoms. The number of rotatable bonds is 6. The normalized spacial score (nSPS) is 24.2. The predicted molar refractivity (Wildman–Crippen MR) is 101 cm³/mol. The predicted octanol–water partition coefficient (Wildman–Crippen LogP) is 2.05. The van der Waals surface area contributed by atoms with Crippen molar-refractivity contribution in [2.75, 3.05) is 45.3 Å². The number of hydrogen-bond donors (Lipinski definition) is 1. The molecule has 138 valence electrons. The Morgan fingerprint density at radius 3 is 2.56 bits per heavy atom. The first-order valence-corrected chi connectivity index (χ1v) is 9.51. The summed E-state index contributed by atoms with van der Waals surface area (Å²) in [6, 6.07) is 8.91. The summed E-state index contributed by atoms with van der Waals surface area (Å²) in [5.74, 6) is 0.134. The van der Waals surface area contributed by atoms with E-state index in [1.807, 2.05) is 14.1 Å². The Labute approximate surface area is 151 Å². The Balaban J connectivity index is 1.46. The van der Waals surface area contributed by atoms with E-state index in [-0.39, 0.29) is 11.9 Å². The number of piperidine rings is 1. The number of amides is 1. The van der Waals surface area contributed by atoms with E-state index in [2.05, 4.69) is 39.4 Å². The van der Waals surface area contributed by atoms with Gasteiger partial charge in [-0.15, -0.1) is 0 Å². The number of carbonyl (C=O) groups excluding carboxylic acids is 1. The fraction of sp³-hybridized carbons (Fsp3) is 0.650. The van der Waals surface area contributed by atoms with Gasteiger partial charge >= 0.3 is 0 Å². The molecule has 0 spiro atoms. The molecule has 2 atom stereocenters. The van der Waals surface area contributed by atoms with Gasteiger partial charge in [0.1, 0.15) is 0 Å². The van der Waals surface area contributed by atoms with Crippen LogP contribution in [-0.4, -0.2) is 63.3 Å². The van der Waals surface area contributed by atoms with E-state index in [9.17, 15) is 4.79 Å². The summed E-state index contributed by atoms with van der Waals surface area (Å²) in [6.45, 7) is 3.67. The molecular formula is C20H31N3O2. The highest BCUT2D eigenvalue weighted by molar-refractivity contribution is 5.76. The van der Waals surface area contributed by atoms with Crippen LogP contribution in [0.3, 0.4) is 0 Å². The van der Waals surface area contributed by atoms with E-state index in [4.69, 9.17) is 4.74 Å². The zero-order chi connectivity index (χ0) is 17.6. The lowest BCUT2D eigenvalue weighted by atomic mass is 10.0. The SMILES string of the molecule is CN(C)c1ccc(CCC(=O)N[C@@H]2COC[C@H]2N2CCCCC2)cc1. The maximum atomic E-state index is 12.4. The van der Waals surface area contributed by atoms with Crippen LogP contribution in [0.2, 0.25) is 0 Å². The molecule has 0 bridgehead atoms. The minimum atomic E-state index is 0.134. The first-order chi connectivity index (χ1) is 12.1. The fourth-order valence-corrected chi connectivity index (χ4v) is 3.79. The molecule has 1 amide bonds. The molecule has 0 saturated carbocycles. The summed E-state index contributed by atoms with van der Waals surface area (Å²) in [5.41, 5.74) is 2.39. The van der Waals surface area contributed by atoms with Gasteiger partial charge < -0.3 is 15.0 Å². The van der Waals surface area contributed by atoms with Crippen molar-refractivity contribution < 1.29 is 9.53 Å². The van der Waals surface area contributed by atoms with Gasteiger partial charge in [0, 0.05) is 26.2 Å². The Bertz CT molecular complexity index is 553. The smallest absolute Gasteiger partial charge is 0.220 e. The lowest BCUT2D eigenvalue weighted by Crippen LogP contribution is -2.52. The first-order valence-electron chi connectivity index (χ1n) is 9.51. The average Bonchev–Trinajstić information content (AvgIpc) is 3.09. The molecule has 1 N–H and O–H groups in total. The minimum Gasteiger partial charge on any atom is -0.378 e. The van der Waals surface area contributed by atoms with Gasteiger partial charge in [0.05, 0.1) is 25.3 Å². The second kappa shape index (κ2) is 8.68. The number of likely N-dealkylation sites (tertiary alicyclic amines) is 1. The first kappa shape index (κ1) is 18.2. The van der Waals surface area contributed by atoms with E-state index in [0.29, 0.717) is 19.1 Å². The molecule has 2 aliphatic rings. The molecule has 2 aliphatic heterocycles. The van der Waals surface area contributed by atoms with Crippen molar-refractivity contribution >= 4 is 11.6 Å². The van der Waals surface area contributed by atoms with Crippen LogP contribution in [0.1, 0.15) is 31.2 Å². The topological polar surface area (TPSA) is 44.8 Å². The largest absolute Gasteiger partial charge is 0.378 e. The molecular weight excluding hydrogens is 314 g/mol. The molecule has 3 rings (SSSR count). The van der Waals surface area contributed by atoms with Crippen molar-refractivity contribution in [2.45, 2.75) is 44.2 Å². The van der Waals surface area contributed by atoms with Gasteiger partial charge in [0.15, 0.2) is 0 Å². The lowest BCUT2D eigenvalue weighted by molar-refractivity contribution is -0.122. The molecule has 0 unspecified atom stereocenters. The zero-order valence-electron chi connectivity index (χ0n) is 15.5. The van der Waals surface area contributed by atoms with Crippen LogP contribution in [-0.2, 0) is 16.0 Å². The second-order valence-electron chi connectivity index (χ2n) is 7.44. The van der Waals surface area contributed by atoms with Crippen LogP contribution in [0.5, 0.6) is 0 Å². The van der Waals surface area contributed by atoms with Gasteiger partial charge in [0.2, 0.25) is 5.91 Å². The number of ether oxygens (including phenoxy) is 1. The molecule has 0 radical (unpaired) electrons. The fourth-order valence-electron chi connectivity index (χ4n) is 3.79. The highest BCUT2D eigenvalue weighted by Crippen LogP contribution is 2.19. The molecule has 0 aliphatic carbocycles. The third-order valence-corrected chi connectivity index (χ3v) is 5.35. The van der Waals surface area contributed by atoms with E-state index in [1.54, 1.807) is 0 Å². The summed E-state index contributed by atoms with van der Waals surface area (Å²) in [5, 5.41) is 3.21. The molecule has 0 aromatic heterocycles. The summed E-state index contributed by atoms with van der Waals surface area (Å²) < 4.78 is 5.66. The molecule has 5 nitrogen and oxygen atoms in total. The highest BCUT2D eigenvalue weighted by atomic mass is 16.5. The van der Waals surface area contributed by atoms with E-state index in [1.165, 1.54) is 30.5 Å². The van der Waals surface area contributed by atoms with Crippen LogP contribution >= 0.6 is 0 Å². The molecule has 2 saturated heterocycles. The Morgan fingerprint density at radius 2 is 1.88 bits per heavy atom. The zero-order valence-corrected chi connectivity index (χ0v) is 15.5. The third kappa shape index (κ3) is 4.95. The second-order valence-corrected chi connectivity index (χ2v) is 7.44. The standard InChI is InChI=1S/C20H31N3O2/c1-22(2)17-9-6-16(7-10-17)8-11-20(24)21-18-14-25-15-19(18)23-12-4-3-5-13-23/h6-7,9-10,18-19H,3-5,8,11-15H2,1-2H3,(H,21,24)/t18-,19-/m1/s1. The Morgan fingerprint density at radius 1 is 1.16 bits per heavy atom. The lowest BCUT2D eigenvalue weighted by Gasteiger charge is -2.34. The number of nitrogens with one attached hydrogen (secondary N) is 1. The van der Waals surface area contributed by atoms with Crippen LogP contribution in [0, 0.1) is 0 Å². The highest BCUT2D eigenvalue weighted by Gasteiger charge is 2.34. The van der Waals surface area contributed by atoms with Crippen molar-refractivity contribution in [3.05, 3.63) is 29.8 Å². The van der Waals surface area contributed by atoms with Gasteiger partial charge in [0.25, 0.3) is 0 Å². The summed E-state index contributed by atoms with van der Waals surface area (Å²) >= 11 is 0. The molecule has 2 heterocycles. The van der Waals surface area contributed by atoms with Crippen molar-refractivity contribution in [1.29, 1.82) is 0 Å². The maximum absolute atomic E-state index is 12.4. The average molecular weight is 345 g/mol. The Hall–Kier alpha value is -1.59. The number of benzene rings is 1. The number of aryl methyl sites for hydroxylation is 1. The molecule has 1 aromatic rings. The van der Waals surface area contributed by atoms with E-state index >= 15 is 0 Å². The van der Waals surface area contributed by atoms with Gasteiger partial charge in [-0.3, -0.25) is 9.69 Å². The maximum Gasteiger partial charge on any atom is 0.220 e. The summed E-state index contributed by atoms with van der Waals surface area (Å²) in [6.07, 6.45) is 5.17. The molecule has 25 heavy (non-hydrogen) atoms. The summed E-state index contributed by atoms with van der Waals surface area (Å²) in [7, 11) is 4.07. The van der Waals surface area contributed by atoms with Gasteiger partial charge in [-0.05, 0) is 50.0 Å². The van der Waals surface area contributed by atoms with Crippen molar-refractivity contribution in [3.8, 4) is 0 Å². The van der Waals surface area contributed by atoms with Crippen molar-refractivity contribution in [1.82, 2.24) is 10.2 Å². The number of hydrogen-bond acceptors (Lipinski definition) is 4. The number of nitrogens with zero attached hydrogens (tertiary/aromatic N) is 2. The number of carbonyl (C=O) groups is 1. The van der Waals surface area contributed by atoms with Gasteiger partial charge in [-0.1, -0.05) is 18.6 Å². The number of anilines is 1. The van der Waals surface area contributed by atoms with Crippen LogP contribution in [0.15, 0.2) is 24.3 Å². The Kier molecular flexibility index (Phi) is 6.32. The van der Waals surface area contributed by atoms with Crippen LogP contribution in [0.25, 0.3) is 0 Å². The van der Waals surface area contributed by atoms with Gasteiger partial charge in [-0.25, -0.2) is 0 Å². The molecule has 1 aromatic carbocycles. The van der Waals surface area contributed by atoms with E-state index in [0.717, 1.165) is 26.1 Å². The molecule has 2 fully saturated rings. The minimum absolute atomic E-state index is 0.134. The van der Waals surface area contributed by atoms with E-state index < -0.39 is 0 Å². The van der Waals surface area contributed by atoms with Crippen molar-refractivity contribution in [2.24, 2.45) is 0 Å².